The molecule has 1 saturated heterocycles. The number of nitrogens with one attached hydrogen (secondary N) is 1. The number of benzene rings is 1. The summed E-state index contributed by atoms with van der Waals surface area (Å²) in [4.78, 5) is 14.0. The summed E-state index contributed by atoms with van der Waals surface area (Å²) in [6, 6.07) is 6.55. The van der Waals surface area contributed by atoms with Crippen molar-refractivity contribution in [3.8, 4) is 0 Å². The van der Waals surface area contributed by atoms with Crippen molar-refractivity contribution >= 4 is 27.1 Å². The third-order valence-corrected chi connectivity index (χ3v) is 5.09. The molecule has 0 aromatic heterocycles. The van der Waals surface area contributed by atoms with Crippen molar-refractivity contribution < 1.29 is 13.2 Å². The fourth-order valence-corrected chi connectivity index (χ4v) is 3.32. The molecule has 7 heteroatoms. The predicted molar refractivity (Wildman–Crippen MR) is 79.2 cm³/mol. The van der Waals surface area contributed by atoms with Gasteiger partial charge in [0.2, 0.25) is 5.91 Å². The summed E-state index contributed by atoms with van der Waals surface area (Å²) >= 11 is 0. The van der Waals surface area contributed by atoms with Gasteiger partial charge in [-0.05, 0) is 31.2 Å². The minimum Gasteiger partial charge on any atom is -0.399 e. The van der Waals surface area contributed by atoms with Crippen LogP contribution in [0.5, 0.6) is 0 Å². The van der Waals surface area contributed by atoms with Gasteiger partial charge < -0.3 is 11.1 Å². The molecule has 1 fully saturated rings. The quantitative estimate of drug-likeness (QED) is 0.784. The van der Waals surface area contributed by atoms with Crippen molar-refractivity contribution in [3.05, 3.63) is 24.3 Å². The molecule has 1 amide bonds. The van der Waals surface area contributed by atoms with Crippen LogP contribution in [0, 0.1) is 0 Å². The summed E-state index contributed by atoms with van der Waals surface area (Å²) in [5.41, 5.74) is 6.90. The Bertz CT molecular complexity index is 569. The van der Waals surface area contributed by atoms with Gasteiger partial charge in [0, 0.05) is 24.5 Å². The minimum absolute atomic E-state index is 0.118. The van der Waals surface area contributed by atoms with Gasteiger partial charge >= 0.3 is 0 Å². The second kappa shape index (κ2) is 5.80. The zero-order chi connectivity index (χ0) is 14.8. The number of hydrogen-bond donors (Lipinski definition) is 2. The van der Waals surface area contributed by atoms with Crippen LogP contribution in [0.1, 0.15) is 6.92 Å². The first-order valence-corrected chi connectivity index (χ1v) is 8.30. The molecular formula is C13H19N3O3S. The number of carbonyl (C=O) groups excluding carboxylic acids is 1. The summed E-state index contributed by atoms with van der Waals surface area (Å²) < 4.78 is 22.7. The van der Waals surface area contributed by atoms with Gasteiger partial charge in [0.05, 0.1) is 17.5 Å². The molecule has 6 nitrogen and oxygen atoms in total. The summed E-state index contributed by atoms with van der Waals surface area (Å²) in [6.07, 6.45) is 0. The second-order valence-electron chi connectivity index (χ2n) is 4.98. The van der Waals surface area contributed by atoms with Crippen LogP contribution in [-0.4, -0.2) is 49.9 Å². The van der Waals surface area contributed by atoms with Gasteiger partial charge in [-0.15, -0.1) is 0 Å². The van der Waals surface area contributed by atoms with E-state index in [2.05, 4.69) is 5.32 Å². The first kappa shape index (κ1) is 14.8. The Kier molecular flexibility index (Phi) is 4.29. The van der Waals surface area contributed by atoms with Crippen molar-refractivity contribution in [3.63, 3.8) is 0 Å². The third kappa shape index (κ3) is 3.71. The molecule has 0 aliphatic carbocycles. The zero-order valence-electron chi connectivity index (χ0n) is 11.4. The highest BCUT2D eigenvalue weighted by molar-refractivity contribution is 7.91. The zero-order valence-corrected chi connectivity index (χ0v) is 12.2. The summed E-state index contributed by atoms with van der Waals surface area (Å²) in [5, 5.41) is 2.80. The van der Waals surface area contributed by atoms with Crippen molar-refractivity contribution in [1.29, 1.82) is 0 Å². The maximum atomic E-state index is 12.1. The number of hydrogen-bond acceptors (Lipinski definition) is 5. The Morgan fingerprint density at radius 1 is 1.25 bits per heavy atom. The van der Waals surface area contributed by atoms with E-state index >= 15 is 0 Å². The van der Waals surface area contributed by atoms with E-state index in [0.29, 0.717) is 24.5 Å². The molecule has 0 radical (unpaired) electrons. The minimum atomic E-state index is -2.93. The maximum absolute atomic E-state index is 12.1. The second-order valence-corrected chi connectivity index (χ2v) is 7.28. The Morgan fingerprint density at radius 2 is 1.80 bits per heavy atom. The van der Waals surface area contributed by atoms with Gasteiger partial charge in [-0.3, -0.25) is 9.69 Å². The molecule has 1 aromatic carbocycles. The lowest BCUT2D eigenvalue weighted by atomic mass is 10.2. The van der Waals surface area contributed by atoms with Crippen LogP contribution in [0.4, 0.5) is 11.4 Å². The lowest BCUT2D eigenvalue weighted by Crippen LogP contribution is -2.49. The number of nitrogens with zero attached hydrogens (tertiary/aromatic N) is 1. The standard InChI is InChI=1S/C13H19N3O3S/c1-10(16-6-8-20(18,19)9-7-16)13(17)15-12-4-2-11(14)3-5-12/h2-5,10H,6-9,14H2,1H3,(H,15,17). The highest BCUT2D eigenvalue weighted by atomic mass is 32.2. The monoisotopic (exact) mass is 297 g/mol. The van der Waals surface area contributed by atoms with Gasteiger partial charge in [-0.1, -0.05) is 0 Å². The van der Waals surface area contributed by atoms with E-state index in [4.69, 9.17) is 5.73 Å². The molecule has 1 unspecified atom stereocenters. The van der Waals surface area contributed by atoms with Crippen molar-refractivity contribution in [2.75, 3.05) is 35.6 Å². The maximum Gasteiger partial charge on any atom is 0.241 e. The summed E-state index contributed by atoms with van der Waals surface area (Å²) in [7, 11) is -2.93. The van der Waals surface area contributed by atoms with E-state index in [1.807, 2.05) is 4.90 Å². The first-order chi connectivity index (χ1) is 9.37. The molecule has 1 aromatic rings. The number of nitrogen functional groups attached to an aromatic ring is 1. The average Bonchev–Trinajstić information content (AvgIpc) is 2.40. The van der Waals surface area contributed by atoms with Crippen LogP contribution in [-0.2, 0) is 14.6 Å². The fourth-order valence-electron chi connectivity index (χ4n) is 2.09. The Balaban J connectivity index is 1.94. The number of carbonyl (C=O) groups is 1. The molecule has 1 heterocycles. The fraction of sp³-hybridized carbons (Fsp3) is 0.462. The van der Waals surface area contributed by atoms with Crippen molar-refractivity contribution in [2.45, 2.75) is 13.0 Å². The molecule has 3 N–H and O–H groups in total. The van der Waals surface area contributed by atoms with E-state index in [9.17, 15) is 13.2 Å². The van der Waals surface area contributed by atoms with Crippen molar-refractivity contribution in [2.24, 2.45) is 0 Å². The molecule has 0 saturated carbocycles. The highest BCUT2D eigenvalue weighted by Gasteiger charge is 2.28. The molecule has 110 valence electrons. The van der Waals surface area contributed by atoms with Crippen LogP contribution in [0.2, 0.25) is 0 Å². The third-order valence-electron chi connectivity index (χ3n) is 3.48. The largest absolute Gasteiger partial charge is 0.399 e. The van der Waals surface area contributed by atoms with Gasteiger partial charge in [-0.2, -0.15) is 0 Å². The van der Waals surface area contributed by atoms with E-state index in [-0.39, 0.29) is 23.5 Å². The van der Waals surface area contributed by atoms with E-state index in [1.165, 1.54) is 0 Å². The smallest absolute Gasteiger partial charge is 0.241 e. The first-order valence-electron chi connectivity index (χ1n) is 6.48. The molecule has 1 atom stereocenters. The van der Waals surface area contributed by atoms with Crippen LogP contribution in [0.25, 0.3) is 0 Å². The number of nitrogens with two attached hydrogens (primary N) is 1. The lowest BCUT2D eigenvalue weighted by Gasteiger charge is -2.31. The average molecular weight is 297 g/mol. The van der Waals surface area contributed by atoms with Crippen LogP contribution in [0.15, 0.2) is 24.3 Å². The van der Waals surface area contributed by atoms with Crippen LogP contribution in [0.3, 0.4) is 0 Å². The number of sulfone groups is 1. The molecule has 20 heavy (non-hydrogen) atoms. The van der Waals surface area contributed by atoms with Gasteiger partial charge in [0.15, 0.2) is 9.84 Å². The predicted octanol–water partition coefficient (Wildman–Crippen LogP) is 0.326. The molecule has 2 rings (SSSR count). The number of anilines is 2. The topological polar surface area (TPSA) is 92.5 Å². The number of amides is 1. The molecule has 0 spiro atoms. The summed E-state index contributed by atoms with van der Waals surface area (Å²) in [6.45, 7) is 2.59. The van der Waals surface area contributed by atoms with Gasteiger partial charge in [0.1, 0.15) is 0 Å². The molecule has 1 aliphatic rings. The normalized spacial score (nSPS) is 20.2. The SMILES string of the molecule is CC(C(=O)Nc1ccc(N)cc1)N1CCS(=O)(=O)CC1. The van der Waals surface area contributed by atoms with E-state index in [1.54, 1.807) is 31.2 Å². The Hall–Kier alpha value is -1.60. The van der Waals surface area contributed by atoms with E-state index < -0.39 is 9.84 Å². The Morgan fingerprint density at radius 3 is 2.35 bits per heavy atom. The van der Waals surface area contributed by atoms with Crippen LogP contribution >= 0.6 is 0 Å². The van der Waals surface area contributed by atoms with E-state index in [0.717, 1.165) is 0 Å². The van der Waals surface area contributed by atoms with Crippen LogP contribution < -0.4 is 11.1 Å². The highest BCUT2D eigenvalue weighted by Crippen LogP contribution is 2.13. The molecule has 0 bridgehead atoms. The van der Waals surface area contributed by atoms with Gasteiger partial charge in [-0.25, -0.2) is 8.42 Å². The lowest BCUT2D eigenvalue weighted by molar-refractivity contribution is -0.120. The molecular weight excluding hydrogens is 278 g/mol. The van der Waals surface area contributed by atoms with Crippen molar-refractivity contribution in [1.82, 2.24) is 4.90 Å². The summed E-state index contributed by atoms with van der Waals surface area (Å²) in [5.74, 6) is 0.0907. The number of rotatable bonds is 3. The Labute approximate surface area is 118 Å². The van der Waals surface area contributed by atoms with Gasteiger partial charge in [0.25, 0.3) is 0 Å². The molecule has 1 aliphatic heterocycles.